The van der Waals surface area contributed by atoms with Crippen LogP contribution in [0.1, 0.15) is 24.2 Å². The third-order valence-electron chi connectivity index (χ3n) is 5.89. The summed E-state index contributed by atoms with van der Waals surface area (Å²) in [5, 5.41) is 2.84. The Balaban J connectivity index is 1.53. The molecule has 3 rings (SSSR count). The number of rotatable bonds is 9. The molecule has 188 valence electrons. The van der Waals surface area contributed by atoms with Crippen molar-refractivity contribution in [2.24, 2.45) is 5.92 Å². The van der Waals surface area contributed by atoms with Gasteiger partial charge in [-0.05, 0) is 36.4 Å². The molecular weight excluding hydrogens is 451 g/mol. The lowest BCUT2D eigenvalue weighted by molar-refractivity contribution is -0.138. The van der Waals surface area contributed by atoms with E-state index in [9.17, 15) is 18.8 Å². The summed E-state index contributed by atoms with van der Waals surface area (Å²) in [6.45, 7) is 6.50. The molecule has 0 atom stereocenters. The van der Waals surface area contributed by atoms with E-state index in [1.165, 1.54) is 17.0 Å². The van der Waals surface area contributed by atoms with E-state index in [1.807, 2.05) is 24.3 Å². The molecule has 0 unspecified atom stereocenters. The largest absolute Gasteiger partial charge is 0.383 e. The average molecular weight is 485 g/mol. The normalized spacial score (nSPS) is 13.6. The first-order valence-corrected chi connectivity index (χ1v) is 11.8. The van der Waals surface area contributed by atoms with Gasteiger partial charge in [-0.25, -0.2) is 4.39 Å². The summed E-state index contributed by atoms with van der Waals surface area (Å²) in [6.07, 6.45) is 0. The minimum Gasteiger partial charge on any atom is -0.383 e. The van der Waals surface area contributed by atoms with E-state index in [0.717, 1.165) is 5.69 Å². The molecule has 2 aromatic rings. The minimum atomic E-state index is -0.507. The number of carbonyl (C=O) groups is 3. The number of amides is 3. The maximum absolute atomic E-state index is 14.0. The van der Waals surface area contributed by atoms with Crippen LogP contribution in [0, 0.1) is 11.7 Å². The second-order valence-corrected chi connectivity index (χ2v) is 8.76. The van der Waals surface area contributed by atoms with E-state index in [1.54, 1.807) is 38.0 Å². The summed E-state index contributed by atoms with van der Waals surface area (Å²) in [5.41, 5.74) is 1.70. The topological polar surface area (TPSA) is 82.2 Å². The second-order valence-electron chi connectivity index (χ2n) is 8.76. The number of hydrogen-bond acceptors (Lipinski definition) is 5. The molecular formula is C26H33FN4O4. The Morgan fingerprint density at radius 3 is 2.29 bits per heavy atom. The number of carbonyl (C=O) groups excluding carboxylic acids is 3. The zero-order chi connectivity index (χ0) is 25.4. The fourth-order valence-electron chi connectivity index (χ4n) is 3.94. The van der Waals surface area contributed by atoms with Crippen molar-refractivity contribution in [3.63, 3.8) is 0 Å². The van der Waals surface area contributed by atoms with Crippen LogP contribution in [0.4, 0.5) is 15.8 Å². The first-order valence-electron chi connectivity index (χ1n) is 11.8. The van der Waals surface area contributed by atoms with Gasteiger partial charge in [0.25, 0.3) is 5.91 Å². The Morgan fingerprint density at radius 2 is 1.69 bits per heavy atom. The first kappa shape index (κ1) is 26.2. The number of hydrogen-bond donors (Lipinski definition) is 1. The van der Waals surface area contributed by atoms with Crippen molar-refractivity contribution >= 4 is 29.1 Å². The third-order valence-corrected chi connectivity index (χ3v) is 5.89. The minimum absolute atomic E-state index is 0.0415. The lowest BCUT2D eigenvalue weighted by atomic mass is 10.1. The summed E-state index contributed by atoms with van der Waals surface area (Å²) < 4.78 is 19.0. The van der Waals surface area contributed by atoms with Gasteiger partial charge < -0.3 is 24.8 Å². The number of methoxy groups -OCH3 is 1. The van der Waals surface area contributed by atoms with Crippen LogP contribution in [-0.2, 0) is 14.3 Å². The summed E-state index contributed by atoms with van der Waals surface area (Å²) in [6, 6.07) is 13.5. The van der Waals surface area contributed by atoms with E-state index < -0.39 is 5.82 Å². The fourth-order valence-corrected chi connectivity index (χ4v) is 3.94. The van der Waals surface area contributed by atoms with Crippen molar-refractivity contribution in [2.45, 2.75) is 13.8 Å². The van der Waals surface area contributed by atoms with E-state index in [4.69, 9.17) is 4.74 Å². The van der Waals surface area contributed by atoms with Crippen molar-refractivity contribution in [2.75, 3.05) is 63.2 Å². The molecule has 2 aromatic carbocycles. The zero-order valence-electron chi connectivity index (χ0n) is 20.5. The summed E-state index contributed by atoms with van der Waals surface area (Å²) in [7, 11) is 1.56. The highest BCUT2D eigenvalue weighted by Gasteiger charge is 2.24. The van der Waals surface area contributed by atoms with Gasteiger partial charge in [0, 0.05) is 57.1 Å². The Hall–Kier alpha value is -3.46. The molecule has 0 spiro atoms. The van der Waals surface area contributed by atoms with Crippen molar-refractivity contribution in [1.29, 1.82) is 0 Å². The number of anilines is 2. The quantitative estimate of drug-likeness (QED) is 0.592. The SMILES string of the molecule is COCCN(CC(=O)Nc1ccc(N2CCN(C(=O)c3ccccc3F)CC2)cc1)C(=O)C(C)C. The van der Waals surface area contributed by atoms with Gasteiger partial charge >= 0.3 is 0 Å². The predicted octanol–water partition coefficient (Wildman–Crippen LogP) is 2.86. The molecule has 1 saturated heterocycles. The Morgan fingerprint density at radius 1 is 1.03 bits per heavy atom. The summed E-state index contributed by atoms with van der Waals surface area (Å²) in [5.74, 6) is -1.38. The molecule has 0 bridgehead atoms. The zero-order valence-corrected chi connectivity index (χ0v) is 20.5. The smallest absolute Gasteiger partial charge is 0.256 e. The average Bonchev–Trinajstić information content (AvgIpc) is 2.86. The molecule has 1 aliphatic rings. The molecule has 1 aliphatic heterocycles. The standard InChI is InChI=1S/C26H33FN4O4/c1-19(2)25(33)31(16-17-35-3)18-24(32)28-20-8-10-21(11-9-20)29-12-14-30(15-13-29)26(34)22-6-4-5-7-23(22)27/h4-11,19H,12-18H2,1-3H3,(H,28,32). The van der Waals surface area contributed by atoms with Gasteiger partial charge in [0.1, 0.15) is 5.82 Å². The lowest BCUT2D eigenvalue weighted by Gasteiger charge is -2.36. The van der Waals surface area contributed by atoms with Crippen LogP contribution in [0.25, 0.3) is 0 Å². The number of nitrogens with zero attached hydrogens (tertiary/aromatic N) is 3. The van der Waals surface area contributed by atoms with Gasteiger partial charge in [-0.2, -0.15) is 0 Å². The summed E-state index contributed by atoms with van der Waals surface area (Å²) >= 11 is 0. The van der Waals surface area contributed by atoms with E-state index in [2.05, 4.69) is 10.2 Å². The van der Waals surface area contributed by atoms with Crippen LogP contribution in [0.15, 0.2) is 48.5 Å². The highest BCUT2D eigenvalue weighted by Crippen LogP contribution is 2.21. The van der Waals surface area contributed by atoms with Crippen molar-refractivity contribution in [1.82, 2.24) is 9.80 Å². The Labute approximate surface area is 205 Å². The number of ether oxygens (including phenoxy) is 1. The molecule has 3 amide bonds. The molecule has 35 heavy (non-hydrogen) atoms. The first-order chi connectivity index (χ1) is 16.8. The van der Waals surface area contributed by atoms with Crippen molar-refractivity contribution in [3.05, 3.63) is 59.9 Å². The molecule has 1 fully saturated rings. The lowest BCUT2D eigenvalue weighted by Crippen LogP contribution is -2.49. The van der Waals surface area contributed by atoms with Gasteiger partial charge in [0.15, 0.2) is 0 Å². The molecule has 0 aromatic heterocycles. The van der Waals surface area contributed by atoms with E-state index in [0.29, 0.717) is 45.0 Å². The van der Waals surface area contributed by atoms with E-state index in [-0.39, 0.29) is 35.7 Å². The molecule has 1 N–H and O–H groups in total. The highest BCUT2D eigenvalue weighted by atomic mass is 19.1. The third kappa shape index (κ3) is 7.02. The second kappa shape index (κ2) is 12.3. The van der Waals surface area contributed by atoms with Gasteiger partial charge in [-0.1, -0.05) is 26.0 Å². The fraction of sp³-hybridized carbons (Fsp3) is 0.423. The van der Waals surface area contributed by atoms with Crippen LogP contribution in [0.3, 0.4) is 0 Å². The monoisotopic (exact) mass is 484 g/mol. The number of nitrogens with one attached hydrogen (secondary N) is 1. The maximum Gasteiger partial charge on any atom is 0.256 e. The molecule has 0 saturated carbocycles. The molecule has 0 aliphatic carbocycles. The van der Waals surface area contributed by atoms with Crippen LogP contribution >= 0.6 is 0 Å². The molecule has 0 radical (unpaired) electrons. The van der Waals surface area contributed by atoms with Crippen molar-refractivity contribution in [3.8, 4) is 0 Å². The number of benzene rings is 2. The van der Waals surface area contributed by atoms with Gasteiger partial charge in [0.05, 0.1) is 18.7 Å². The van der Waals surface area contributed by atoms with Crippen molar-refractivity contribution < 1.29 is 23.5 Å². The van der Waals surface area contributed by atoms with Crippen LogP contribution in [0.2, 0.25) is 0 Å². The number of piperazine rings is 1. The maximum atomic E-state index is 14.0. The van der Waals surface area contributed by atoms with Crippen LogP contribution < -0.4 is 10.2 Å². The Kier molecular flexibility index (Phi) is 9.19. The Bertz CT molecular complexity index is 1020. The van der Waals surface area contributed by atoms with Crippen LogP contribution in [0.5, 0.6) is 0 Å². The predicted molar refractivity (Wildman–Crippen MR) is 133 cm³/mol. The molecule has 1 heterocycles. The molecule has 9 heteroatoms. The molecule has 8 nitrogen and oxygen atoms in total. The van der Waals surface area contributed by atoms with E-state index >= 15 is 0 Å². The number of halogens is 1. The van der Waals surface area contributed by atoms with Gasteiger partial charge in [-0.15, -0.1) is 0 Å². The van der Waals surface area contributed by atoms with Gasteiger partial charge in [-0.3, -0.25) is 14.4 Å². The summed E-state index contributed by atoms with van der Waals surface area (Å²) in [4.78, 5) is 42.8. The highest BCUT2D eigenvalue weighted by molar-refractivity contribution is 5.95. The van der Waals surface area contributed by atoms with Gasteiger partial charge in [0.2, 0.25) is 11.8 Å². The van der Waals surface area contributed by atoms with Crippen LogP contribution in [-0.4, -0.2) is 80.5 Å².